The van der Waals surface area contributed by atoms with Gasteiger partial charge in [0.1, 0.15) is 0 Å². The summed E-state index contributed by atoms with van der Waals surface area (Å²) in [6, 6.07) is 12.4. The number of alkyl halides is 3. The van der Waals surface area contributed by atoms with Crippen LogP contribution >= 0.6 is 0 Å². The molecule has 2 N–H and O–H groups in total. The minimum Gasteiger partial charge on any atom is -0.383 e. The molecule has 0 unspecified atom stereocenters. The Morgan fingerprint density at radius 2 is 1.85 bits per heavy atom. The number of methoxy groups -OCH3 is 1. The van der Waals surface area contributed by atoms with Gasteiger partial charge >= 0.3 is 6.18 Å². The predicted molar refractivity (Wildman–Crippen MR) is 98.5 cm³/mol. The smallest absolute Gasteiger partial charge is 0.383 e. The van der Waals surface area contributed by atoms with Crippen LogP contribution < -0.4 is 10.6 Å². The second-order valence-electron chi connectivity index (χ2n) is 6.21. The largest absolute Gasteiger partial charge is 0.416 e. The number of halogens is 3. The lowest BCUT2D eigenvalue weighted by Gasteiger charge is -2.20. The molecule has 0 aliphatic rings. The molecule has 7 heteroatoms. The van der Waals surface area contributed by atoms with Crippen LogP contribution in [-0.2, 0) is 22.1 Å². The lowest BCUT2D eigenvalue weighted by molar-refractivity contribution is -0.137. The van der Waals surface area contributed by atoms with Gasteiger partial charge in [-0.05, 0) is 48.4 Å². The Kier molecular flexibility index (Phi) is 7.38. The number of ether oxygens (including phenoxy) is 1. The van der Waals surface area contributed by atoms with E-state index >= 15 is 0 Å². The van der Waals surface area contributed by atoms with E-state index in [9.17, 15) is 18.0 Å². The fourth-order valence-corrected chi connectivity index (χ4v) is 2.72. The van der Waals surface area contributed by atoms with Gasteiger partial charge in [0.05, 0.1) is 18.2 Å². The Bertz CT molecular complexity index is 746. The second-order valence-corrected chi connectivity index (χ2v) is 6.21. The van der Waals surface area contributed by atoms with Gasteiger partial charge in [-0.3, -0.25) is 4.79 Å². The van der Waals surface area contributed by atoms with Crippen LogP contribution in [0.2, 0.25) is 0 Å². The molecule has 0 aliphatic carbocycles. The molecule has 0 bridgehead atoms. The minimum absolute atomic E-state index is 0.132. The van der Waals surface area contributed by atoms with Gasteiger partial charge in [0, 0.05) is 19.7 Å². The fourth-order valence-electron chi connectivity index (χ4n) is 2.72. The molecule has 0 aromatic heterocycles. The Morgan fingerprint density at radius 1 is 1.15 bits per heavy atom. The van der Waals surface area contributed by atoms with Gasteiger partial charge in [0.25, 0.3) is 0 Å². The van der Waals surface area contributed by atoms with Crippen molar-refractivity contribution in [3.8, 4) is 0 Å². The number of rotatable bonds is 8. The van der Waals surface area contributed by atoms with Gasteiger partial charge in [-0.2, -0.15) is 13.2 Å². The standard InChI is InChI=1S/C20H23F3N2O2/c1-14(26)25-18-8-6-15(7-9-18)10-11-24-19(13-27-2)16-4-3-5-17(12-16)20(21,22)23/h3-9,12,19,24H,10-11,13H2,1-2H3,(H,25,26)/t19-/m1/s1. The Morgan fingerprint density at radius 3 is 2.44 bits per heavy atom. The van der Waals surface area contributed by atoms with Gasteiger partial charge in [-0.25, -0.2) is 0 Å². The van der Waals surface area contributed by atoms with Crippen LogP contribution in [-0.4, -0.2) is 26.2 Å². The number of carbonyl (C=O) groups is 1. The third-order valence-corrected chi connectivity index (χ3v) is 4.03. The maximum Gasteiger partial charge on any atom is 0.416 e. The van der Waals surface area contributed by atoms with Gasteiger partial charge in [0.15, 0.2) is 0 Å². The van der Waals surface area contributed by atoms with E-state index < -0.39 is 11.7 Å². The van der Waals surface area contributed by atoms with E-state index in [-0.39, 0.29) is 18.6 Å². The quantitative estimate of drug-likeness (QED) is 0.722. The van der Waals surface area contributed by atoms with Crippen LogP contribution in [0.1, 0.15) is 29.7 Å². The maximum atomic E-state index is 12.9. The predicted octanol–water partition coefficient (Wildman–Crippen LogP) is 4.18. The molecule has 146 valence electrons. The molecule has 0 spiro atoms. The molecule has 0 saturated carbocycles. The summed E-state index contributed by atoms with van der Waals surface area (Å²) < 4.78 is 43.9. The van der Waals surface area contributed by atoms with Crippen molar-refractivity contribution in [1.29, 1.82) is 0 Å². The molecule has 1 atom stereocenters. The van der Waals surface area contributed by atoms with Crippen molar-refractivity contribution >= 4 is 11.6 Å². The summed E-state index contributed by atoms with van der Waals surface area (Å²) in [5, 5.41) is 5.95. The molecule has 0 saturated heterocycles. The van der Waals surface area contributed by atoms with Crippen LogP contribution in [0.4, 0.5) is 18.9 Å². The normalized spacial score (nSPS) is 12.6. The molecule has 0 heterocycles. The average molecular weight is 380 g/mol. The van der Waals surface area contributed by atoms with E-state index in [1.807, 2.05) is 24.3 Å². The summed E-state index contributed by atoms with van der Waals surface area (Å²) in [5.74, 6) is -0.132. The highest BCUT2D eigenvalue weighted by Crippen LogP contribution is 2.30. The lowest BCUT2D eigenvalue weighted by Crippen LogP contribution is -2.27. The lowest BCUT2D eigenvalue weighted by atomic mass is 10.0. The first-order valence-corrected chi connectivity index (χ1v) is 8.55. The van der Waals surface area contributed by atoms with E-state index in [1.54, 1.807) is 6.07 Å². The maximum absolute atomic E-state index is 12.9. The zero-order chi connectivity index (χ0) is 19.9. The van der Waals surface area contributed by atoms with E-state index in [1.165, 1.54) is 20.1 Å². The first-order chi connectivity index (χ1) is 12.8. The van der Waals surface area contributed by atoms with Crippen molar-refractivity contribution in [3.05, 3.63) is 65.2 Å². The molecule has 0 fully saturated rings. The van der Waals surface area contributed by atoms with E-state index in [0.717, 1.165) is 23.4 Å². The van der Waals surface area contributed by atoms with Crippen LogP contribution in [0.15, 0.2) is 48.5 Å². The molecule has 4 nitrogen and oxygen atoms in total. The highest BCUT2D eigenvalue weighted by atomic mass is 19.4. The fraction of sp³-hybridized carbons (Fsp3) is 0.350. The van der Waals surface area contributed by atoms with E-state index in [4.69, 9.17) is 4.74 Å². The van der Waals surface area contributed by atoms with Crippen molar-refractivity contribution in [2.24, 2.45) is 0 Å². The van der Waals surface area contributed by atoms with Crippen molar-refractivity contribution < 1.29 is 22.7 Å². The monoisotopic (exact) mass is 380 g/mol. The molecular weight excluding hydrogens is 357 g/mol. The molecule has 27 heavy (non-hydrogen) atoms. The first kappa shape index (κ1) is 20.9. The SMILES string of the molecule is COC[C@@H](NCCc1ccc(NC(C)=O)cc1)c1cccc(C(F)(F)F)c1. The van der Waals surface area contributed by atoms with Crippen molar-refractivity contribution in [2.45, 2.75) is 25.6 Å². The number of nitrogens with one attached hydrogen (secondary N) is 2. The summed E-state index contributed by atoms with van der Waals surface area (Å²) >= 11 is 0. The van der Waals surface area contributed by atoms with Crippen LogP contribution in [0, 0.1) is 0 Å². The van der Waals surface area contributed by atoms with Crippen LogP contribution in [0.5, 0.6) is 0 Å². The highest BCUT2D eigenvalue weighted by molar-refractivity contribution is 5.88. The number of amides is 1. The van der Waals surface area contributed by atoms with Crippen molar-refractivity contribution in [2.75, 3.05) is 25.6 Å². The summed E-state index contributed by atoms with van der Waals surface area (Å²) in [6.07, 6.45) is -3.68. The summed E-state index contributed by atoms with van der Waals surface area (Å²) in [7, 11) is 1.52. The zero-order valence-corrected chi connectivity index (χ0v) is 15.3. The van der Waals surface area contributed by atoms with Crippen LogP contribution in [0.25, 0.3) is 0 Å². The Balaban J connectivity index is 1.97. The number of benzene rings is 2. The summed E-state index contributed by atoms with van der Waals surface area (Å²) in [4.78, 5) is 11.0. The van der Waals surface area contributed by atoms with Crippen molar-refractivity contribution in [1.82, 2.24) is 5.32 Å². The molecule has 0 radical (unpaired) electrons. The molecule has 1 amide bonds. The molecule has 2 aromatic carbocycles. The number of hydrogen-bond acceptors (Lipinski definition) is 3. The number of hydrogen-bond donors (Lipinski definition) is 2. The molecular formula is C20H23F3N2O2. The van der Waals surface area contributed by atoms with E-state index in [0.29, 0.717) is 18.5 Å². The number of anilines is 1. The molecule has 0 aliphatic heterocycles. The third kappa shape index (κ3) is 6.69. The average Bonchev–Trinajstić information content (AvgIpc) is 2.61. The Labute approximate surface area is 156 Å². The zero-order valence-electron chi connectivity index (χ0n) is 15.3. The van der Waals surface area contributed by atoms with Gasteiger partial charge < -0.3 is 15.4 Å². The molecule has 2 aromatic rings. The topological polar surface area (TPSA) is 50.4 Å². The molecule has 2 rings (SSSR count). The Hall–Kier alpha value is -2.38. The van der Waals surface area contributed by atoms with Crippen molar-refractivity contribution in [3.63, 3.8) is 0 Å². The van der Waals surface area contributed by atoms with E-state index in [2.05, 4.69) is 10.6 Å². The minimum atomic E-state index is -4.37. The van der Waals surface area contributed by atoms with Gasteiger partial charge in [0.2, 0.25) is 5.91 Å². The first-order valence-electron chi connectivity index (χ1n) is 8.55. The third-order valence-electron chi connectivity index (χ3n) is 4.03. The second kappa shape index (κ2) is 9.53. The van der Waals surface area contributed by atoms with Gasteiger partial charge in [-0.15, -0.1) is 0 Å². The van der Waals surface area contributed by atoms with Crippen LogP contribution in [0.3, 0.4) is 0 Å². The number of carbonyl (C=O) groups excluding carboxylic acids is 1. The van der Waals surface area contributed by atoms with Gasteiger partial charge in [-0.1, -0.05) is 24.3 Å². The highest BCUT2D eigenvalue weighted by Gasteiger charge is 2.30. The summed E-state index contributed by atoms with van der Waals surface area (Å²) in [6.45, 7) is 2.29. The summed E-state index contributed by atoms with van der Waals surface area (Å²) in [5.41, 5.74) is 1.64.